The van der Waals surface area contributed by atoms with Gasteiger partial charge in [0.25, 0.3) is 0 Å². The summed E-state index contributed by atoms with van der Waals surface area (Å²) in [4.78, 5) is 4.38. The second kappa shape index (κ2) is 6.62. The molecular formula is C16H18ClNO2. The van der Waals surface area contributed by atoms with E-state index >= 15 is 0 Å². The van der Waals surface area contributed by atoms with Gasteiger partial charge in [0.05, 0.1) is 19.6 Å². The number of methoxy groups -OCH3 is 2. The minimum absolute atomic E-state index is 0.150. The molecule has 106 valence electrons. The maximum Gasteiger partial charge on any atom is 0.161 e. The quantitative estimate of drug-likeness (QED) is 0.782. The highest BCUT2D eigenvalue weighted by Crippen LogP contribution is 2.33. The van der Waals surface area contributed by atoms with E-state index in [1.807, 2.05) is 37.3 Å². The molecule has 1 unspecified atom stereocenters. The average molecular weight is 292 g/mol. The molecule has 1 heterocycles. The van der Waals surface area contributed by atoms with Crippen molar-refractivity contribution >= 4 is 11.6 Å². The van der Waals surface area contributed by atoms with Gasteiger partial charge in [-0.25, -0.2) is 0 Å². The Hall–Kier alpha value is -1.74. The van der Waals surface area contributed by atoms with E-state index in [-0.39, 0.29) is 5.38 Å². The van der Waals surface area contributed by atoms with Crippen LogP contribution in [0.3, 0.4) is 0 Å². The number of nitrogens with zero attached hydrogens (tertiary/aromatic N) is 1. The number of hydrogen-bond donors (Lipinski definition) is 0. The Morgan fingerprint density at radius 3 is 2.55 bits per heavy atom. The third kappa shape index (κ3) is 3.23. The smallest absolute Gasteiger partial charge is 0.161 e. The van der Waals surface area contributed by atoms with Crippen LogP contribution in [0.25, 0.3) is 0 Å². The van der Waals surface area contributed by atoms with Crippen molar-refractivity contribution in [2.45, 2.75) is 18.7 Å². The van der Waals surface area contributed by atoms with Crippen LogP contribution in [0.5, 0.6) is 11.5 Å². The van der Waals surface area contributed by atoms with Gasteiger partial charge in [-0.2, -0.15) is 0 Å². The zero-order chi connectivity index (χ0) is 14.5. The summed E-state index contributed by atoms with van der Waals surface area (Å²) >= 11 is 6.50. The SMILES string of the molecule is COc1ccc(C(Cl)Cc2ncccc2C)cc1OC. The second-order valence-corrected chi connectivity index (χ2v) is 5.08. The third-order valence-electron chi connectivity index (χ3n) is 3.26. The zero-order valence-corrected chi connectivity index (χ0v) is 12.6. The monoisotopic (exact) mass is 291 g/mol. The van der Waals surface area contributed by atoms with Crippen LogP contribution in [0.2, 0.25) is 0 Å². The summed E-state index contributed by atoms with van der Waals surface area (Å²) in [5.41, 5.74) is 3.16. The molecule has 0 bridgehead atoms. The Balaban J connectivity index is 2.21. The molecule has 4 heteroatoms. The molecule has 0 aliphatic rings. The first-order valence-electron chi connectivity index (χ1n) is 6.42. The largest absolute Gasteiger partial charge is 0.493 e. The molecule has 0 radical (unpaired) electrons. The van der Waals surface area contributed by atoms with Crippen molar-refractivity contribution in [2.75, 3.05) is 14.2 Å². The van der Waals surface area contributed by atoms with Gasteiger partial charge < -0.3 is 9.47 Å². The zero-order valence-electron chi connectivity index (χ0n) is 11.9. The van der Waals surface area contributed by atoms with E-state index in [9.17, 15) is 0 Å². The second-order valence-electron chi connectivity index (χ2n) is 4.55. The Morgan fingerprint density at radius 1 is 1.15 bits per heavy atom. The molecule has 2 aromatic rings. The molecule has 1 atom stereocenters. The molecule has 0 aliphatic carbocycles. The van der Waals surface area contributed by atoms with E-state index in [1.165, 1.54) is 0 Å². The number of halogens is 1. The van der Waals surface area contributed by atoms with Crippen LogP contribution in [0.15, 0.2) is 36.5 Å². The van der Waals surface area contributed by atoms with E-state index in [4.69, 9.17) is 21.1 Å². The summed E-state index contributed by atoms with van der Waals surface area (Å²) in [6, 6.07) is 9.71. The fourth-order valence-corrected chi connectivity index (χ4v) is 2.35. The number of aromatic nitrogens is 1. The first kappa shape index (κ1) is 14.7. The lowest BCUT2D eigenvalue weighted by atomic mass is 10.0. The lowest BCUT2D eigenvalue weighted by Crippen LogP contribution is -2.01. The summed E-state index contributed by atoms with van der Waals surface area (Å²) < 4.78 is 10.5. The van der Waals surface area contributed by atoms with Crippen molar-refractivity contribution in [3.8, 4) is 11.5 Å². The normalized spacial score (nSPS) is 12.0. The molecule has 0 aliphatic heterocycles. The Kier molecular flexibility index (Phi) is 4.85. The molecule has 0 N–H and O–H groups in total. The molecule has 1 aromatic heterocycles. The Bertz CT molecular complexity index is 586. The molecule has 20 heavy (non-hydrogen) atoms. The minimum Gasteiger partial charge on any atom is -0.493 e. The number of alkyl halides is 1. The predicted octanol–water partition coefficient (Wildman–Crippen LogP) is 3.93. The van der Waals surface area contributed by atoms with Gasteiger partial charge in [-0.3, -0.25) is 4.98 Å². The molecule has 0 fully saturated rings. The fraction of sp³-hybridized carbons (Fsp3) is 0.312. The highest BCUT2D eigenvalue weighted by Gasteiger charge is 2.14. The number of rotatable bonds is 5. The van der Waals surface area contributed by atoms with Crippen molar-refractivity contribution < 1.29 is 9.47 Å². The number of pyridine rings is 1. The van der Waals surface area contributed by atoms with Crippen LogP contribution >= 0.6 is 11.6 Å². The average Bonchev–Trinajstić information content (AvgIpc) is 2.48. The van der Waals surface area contributed by atoms with Gasteiger partial charge in [0, 0.05) is 18.3 Å². The summed E-state index contributed by atoms with van der Waals surface area (Å²) in [6.45, 7) is 2.04. The summed E-state index contributed by atoms with van der Waals surface area (Å²) in [5.74, 6) is 1.39. The van der Waals surface area contributed by atoms with Gasteiger partial charge in [-0.15, -0.1) is 11.6 Å². The first-order chi connectivity index (χ1) is 9.65. The fourth-order valence-electron chi connectivity index (χ4n) is 2.07. The van der Waals surface area contributed by atoms with Crippen molar-refractivity contribution in [3.05, 3.63) is 53.3 Å². The maximum absolute atomic E-state index is 6.50. The number of aryl methyl sites for hydroxylation is 1. The van der Waals surface area contributed by atoms with Gasteiger partial charge in [0.2, 0.25) is 0 Å². The van der Waals surface area contributed by atoms with Gasteiger partial charge in [0.1, 0.15) is 0 Å². The predicted molar refractivity (Wildman–Crippen MR) is 80.8 cm³/mol. The van der Waals surface area contributed by atoms with E-state index in [1.54, 1.807) is 20.4 Å². The molecule has 0 amide bonds. The number of ether oxygens (including phenoxy) is 2. The lowest BCUT2D eigenvalue weighted by molar-refractivity contribution is 0.354. The molecule has 0 saturated carbocycles. The van der Waals surface area contributed by atoms with Crippen molar-refractivity contribution in [2.24, 2.45) is 0 Å². The maximum atomic E-state index is 6.50. The van der Waals surface area contributed by atoms with Crippen LogP contribution in [0.4, 0.5) is 0 Å². The van der Waals surface area contributed by atoms with Crippen LogP contribution < -0.4 is 9.47 Å². The molecule has 1 aromatic carbocycles. The Labute approximate surface area is 124 Å². The van der Waals surface area contributed by atoms with Gasteiger partial charge in [-0.05, 0) is 36.2 Å². The van der Waals surface area contributed by atoms with Gasteiger partial charge in [-0.1, -0.05) is 12.1 Å². The molecule has 0 spiro atoms. The highest BCUT2D eigenvalue weighted by molar-refractivity contribution is 6.20. The van der Waals surface area contributed by atoms with E-state index in [2.05, 4.69) is 4.98 Å². The summed E-state index contributed by atoms with van der Waals surface area (Å²) in [6.07, 6.45) is 2.48. The van der Waals surface area contributed by atoms with Crippen LogP contribution in [-0.2, 0) is 6.42 Å². The van der Waals surface area contributed by atoms with E-state index in [0.717, 1.165) is 16.8 Å². The van der Waals surface area contributed by atoms with Crippen molar-refractivity contribution in [1.82, 2.24) is 4.98 Å². The van der Waals surface area contributed by atoms with Crippen molar-refractivity contribution in [3.63, 3.8) is 0 Å². The minimum atomic E-state index is -0.150. The highest BCUT2D eigenvalue weighted by atomic mass is 35.5. The number of benzene rings is 1. The van der Waals surface area contributed by atoms with Crippen molar-refractivity contribution in [1.29, 1.82) is 0 Å². The Morgan fingerprint density at radius 2 is 1.90 bits per heavy atom. The standard InChI is InChI=1S/C16H18ClNO2/c1-11-5-4-8-18-14(11)10-13(17)12-6-7-15(19-2)16(9-12)20-3/h4-9,13H,10H2,1-3H3. The first-order valence-corrected chi connectivity index (χ1v) is 6.86. The molecule has 0 saturated heterocycles. The molecule has 3 nitrogen and oxygen atoms in total. The van der Waals surface area contributed by atoms with E-state index in [0.29, 0.717) is 17.9 Å². The van der Waals surface area contributed by atoms with Crippen LogP contribution in [0.1, 0.15) is 22.2 Å². The van der Waals surface area contributed by atoms with Gasteiger partial charge >= 0.3 is 0 Å². The van der Waals surface area contributed by atoms with E-state index < -0.39 is 0 Å². The van der Waals surface area contributed by atoms with Crippen LogP contribution in [-0.4, -0.2) is 19.2 Å². The molecular weight excluding hydrogens is 274 g/mol. The third-order valence-corrected chi connectivity index (χ3v) is 3.67. The summed E-state index contributed by atoms with van der Waals surface area (Å²) in [7, 11) is 3.24. The topological polar surface area (TPSA) is 31.4 Å². The van der Waals surface area contributed by atoms with Crippen LogP contribution in [0, 0.1) is 6.92 Å². The number of hydrogen-bond acceptors (Lipinski definition) is 3. The molecule has 2 rings (SSSR count). The van der Waals surface area contributed by atoms with Gasteiger partial charge in [0.15, 0.2) is 11.5 Å². The lowest BCUT2D eigenvalue weighted by Gasteiger charge is -2.14. The summed E-state index contributed by atoms with van der Waals surface area (Å²) in [5, 5.41) is -0.150.